The van der Waals surface area contributed by atoms with Gasteiger partial charge in [0.15, 0.2) is 17.5 Å². The molecule has 0 N–H and O–H groups in total. The van der Waals surface area contributed by atoms with Crippen LogP contribution in [0.2, 0.25) is 0 Å². The molecule has 0 amide bonds. The van der Waals surface area contributed by atoms with Crippen molar-refractivity contribution < 1.29 is 4.42 Å². The van der Waals surface area contributed by atoms with Gasteiger partial charge in [-0.15, -0.1) is 38.2 Å². The van der Waals surface area contributed by atoms with Crippen LogP contribution in [0.3, 0.4) is 0 Å². The molecule has 0 saturated heterocycles. The third-order valence-electron chi connectivity index (χ3n) is 16.7. The lowest BCUT2D eigenvalue weighted by atomic mass is 9.56. The Bertz CT molecular complexity index is 4020. The Labute approximate surface area is 422 Å². The molecule has 0 unspecified atom stereocenters. The Morgan fingerprint density at radius 3 is 1.43 bits per heavy atom. The van der Waals surface area contributed by atoms with Gasteiger partial charge in [-0.05, 0) is 64.7 Å². The van der Waals surface area contributed by atoms with Gasteiger partial charge in [-0.25, -0.2) is 15.0 Å². The fourth-order valence-corrected chi connectivity index (χ4v) is 11.7. The van der Waals surface area contributed by atoms with Gasteiger partial charge in [0, 0.05) is 32.8 Å². The molecule has 0 spiro atoms. The van der Waals surface area contributed by atoms with Crippen molar-refractivity contribution in [1.29, 1.82) is 0 Å². The molecule has 11 aromatic rings. The minimum atomic E-state index is 0.613. The van der Waals surface area contributed by atoms with Crippen LogP contribution in [-0.4, -0.2) is 129 Å². The van der Waals surface area contributed by atoms with E-state index in [0.29, 0.717) is 17.5 Å². The van der Waals surface area contributed by atoms with Gasteiger partial charge in [0.1, 0.15) is 121 Å². The summed E-state index contributed by atoms with van der Waals surface area (Å²) in [5.41, 5.74) is 30.8. The molecule has 0 radical (unpaired) electrons. The minimum Gasteiger partial charge on any atom is -0.456 e. The first-order valence-electron chi connectivity index (χ1n) is 24.6. The SMILES string of the molecule is Bc1c(B)c(B)c(-c2nc(-c3ccc4c(c3)oc3cccc(-n5c6ccccc6c6cc(-c7ccccc7)ccc65)c34)nc(-c3c(B)c(B)c(B)c(-c4c(B)c(B)c(B)c(B)c4B)c3B)n2)c(B)c1B. The Morgan fingerprint density at radius 2 is 0.800 bits per heavy atom. The lowest BCUT2D eigenvalue weighted by Crippen LogP contribution is -2.57. The standard InChI is InChI=1S/C51H46B14N4O/c52-35-31(32-37(54)43(60)47(64)44(61)38(32)55)36(53)42(59)39(56)33(35)50-66-49(67-51(68-50)34-40(57)45(62)48(65)46(63)41(34)58)21-13-15-23-29(18-21)70-28-12-6-11-27(30(23)28)69-25-10-5-4-9-22(25)24-17-20(14-16-26(24)69)19-7-2-1-3-8-19/h1-18H,52-65H2. The number of hydrogen-bond donors (Lipinski definition) is 0. The second kappa shape index (κ2) is 17.0. The number of furan rings is 1. The van der Waals surface area contributed by atoms with Crippen LogP contribution >= 0.6 is 0 Å². The highest BCUT2D eigenvalue weighted by Crippen LogP contribution is 2.40. The fourth-order valence-electron chi connectivity index (χ4n) is 11.7. The highest BCUT2D eigenvalue weighted by molar-refractivity contribution is 6.71. The van der Waals surface area contributed by atoms with Gasteiger partial charge in [-0.2, -0.15) is 0 Å². The van der Waals surface area contributed by atoms with Crippen LogP contribution < -0.4 is 76.5 Å². The van der Waals surface area contributed by atoms with Crippen LogP contribution in [0.1, 0.15) is 0 Å². The van der Waals surface area contributed by atoms with E-state index in [1.165, 1.54) is 110 Å². The maximum absolute atomic E-state index is 6.86. The summed E-state index contributed by atoms with van der Waals surface area (Å²) in [5, 5.41) is 4.52. The zero-order valence-electron chi connectivity index (χ0n) is 43.1. The van der Waals surface area contributed by atoms with Crippen molar-refractivity contribution in [3.8, 4) is 62.1 Å². The monoisotopic (exact) mass is 884 g/mol. The maximum Gasteiger partial charge on any atom is 0.164 e. The second-order valence-corrected chi connectivity index (χ2v) is 20.0. The van der Waals surface area contributed by atoms with Crippen molar-refractivity contribution in [2.24, 2.45) is 0 Å². The zero-order chi connectivity index (χ0) is 49.2. The van der Waals surface area contributed by atoms with Gasteiger partial charge in [0.25, 0.3) is 0 Å². The molecular formula is C51H46B14N4O. The van der Waals surface area contributed by atoms with E-state index in [1.54, 1.807) is 0 Å². The second-order valence-electron chi connectivity index (χ2n) is 20.0. The van der Waals surface area contributed by atoms with Crippen LogP contribution in [-0.2, 0) is 0 Å². The van der Waals surface area contributed by atoms with Gasteiger partial charge in [-0.3, -0.25) is 0 Å². The van der Waals surface area contributed by atoms with E-state index in [2.05, 4.69) is 224 Å². The summed E-state index contributed by atoms with van der Waals surface area (Å²) in [6.07, 6.45) is 0. The number of hydrogen-bond acceptors (Lipinski definition) is 4. The van der Waals surface area contributed by atoms with E-state index in [4.69, 9.17) is 19.4 Å². The van der Waals surface area contributed by atoms with E-state index in [-0.39, 0.29) is 0 Å². The lowest BCUT2D eigenvalue weighted by Gasteiger charge is -2.27. The van der Waals surface area contributed by atoms with Crippen molar-refractivity contribution in [2.75, 3.05) is 0 Å². The number of nitrogens with zero attached hydrogens (tertiary/aromatic N) is 4. The van der Waals surface area contributed by atoms with E-state index in [1.807, 2.05) is 0 Å². The Balaban J connectivity index is 1.14. The van der Waals surface area contributed by atoms with Gasteiger partial charge in [-0.1, -0.05) is 105 Å². The summed E-state index contributed by atoms with van der Waals surface area (Å²) in [6, 6.07) is 39.0. The van der Waals surface area contributed by atoms with E-state index in [9.17, 15) is 0 Å². The normalized spacial score (nSPS) is 11.7. The zero-order valence-corrected chi connectivity index (χ0v) is 43.1. The molecule has 8 aromatic carbocycles. The summed E-state index contributed by atoms with van der Waals surface area (Å²) in [5.74, 6) is 1.98. The minimum absolute atomic E-state index is 0.613. The Morgan fingerprint density at radius 1 is 0.314 bits per heavy atom. The first-order chi connectivity index (χ1) is 33.6. The predicted octanol–water partition coefficient (Wildman–Crippen LogP) is -11.2. The van der Waals surface area contributed by atoms with Crippen molar-refractivity contribution >= 4 is 230 Å². The van der Waals surface area contributed by atoms with Crippen molar-refractivity contribution in [2.45, 2.75) is 0 Å². The van der Waals surface area contributed by atoms with Gasteiger partial charge >= 0.3 is 0 Å². The topological polar surface area (TPSA) is 56.7 Å². The third kappa shape index (κ3) is 6.85. The van der Waals surface area contributed by atoms with Crippen molar-refractivity contribution in [3.63, 3.8) is 0 Å². The molecule has 0 bridgehead atoms. The molecule has 3 heterocycles. The van der Waals surface area contributed by atoms with Crippen molar-refractivity contribution in [3.05, 3.63) is 109 Å². The molecule has 0 saturated carbocycles. The molecule has 318 valence electrons. The molecule has 5 nitrogen and oxygen atoms in total. The molecule has 3 aromatic heterocycles. The first-order valence-corrected chi connectivity index (χ1v) is 24.6. The highest BCUT2D eigenvalue weighted by atomic mass is 16.3. The molecular weight excluding hydrogens is 836 g/mol. The van der Waals surface area contributed by atoms with Crippen LogP contribution in [0, 0.1) is 0 Å². The highest BCUT2D eigenvalue weighted by Gasteiger charge is 2.26. The maximum atomic E-state index is 6.86. The summed E-state index contributed by atoms with van der Waals surface area (Å²) >= 11 is 0. The van der Waals surface area contributed by atoms with Crippen LogP contribution in [0.4, 0.5) is 0 Å². The lowest BCUT2D eigenvalue weighted by molar-refractivity contribution is 0.669. The van der Waals surface area contributed by atoms with Crippen LogP contribution in [0.25, 0.3) is 106 Å². The number of aromatic nitrogens is 4. The van der Waals surface area contributed by atoms with Crippen LogP contribution in [0.15, 0.2) is 114 Å². The average Bonchev–Trinajstić information content (AvgIpc) is 3.92. The summed E-state index contributed by atoms with van der Waals surface area (Å²) < 4.78 is 9.26. The molecule has 19 heteroatoms. The smallest absolute Gasteiger partial charge is 0.164 e. The first kappa shape index (κ1) is 45.7. The van der Waals surface area contributed by atoms with E-state index < -0.39 is 0 Å². The summed E-state index contributed by atoms with van der Waals surface area (Å²) in [7, 11) is 31.5. The molecule has 0 aliphatic rings. The fraction of sp³-hybridized carbons (Fsp3) is 0. The number of rotatable bonds is 6. The molecule has 0 fully saturated rings. The van der Waals surface area contributed by atoms with Crippen molar-refractivity contribution in [1.82, 2.24) is 19.5 Å². The quantitative estimate of drug-likeness (QED) is 0.156. The van der Waals surface area contributed by atoms with Gasteiger partial charge in [0.2, 0.25) is 0 Å². The summed E-state index contributed by atoms with van der Waals surface area (Å²) in [6.45, 7) is 0. The third-order valence-corrected chi connectivity index (χ3v) is 16.7. The van der Waals surface area contributed by atoms with Gasteiger partial charge < -0.3 is 8.98 Å². The van der Waals surface area contributed by atoms with Gasteiger partial charge in [0.05, 0.1) is 22.1 Å². The Kier molecular flexibility index (Phi) is 11.1. The molecule has 11 rings (SSSR count). The molecule has 0 aliphatic heterocycles. The molecule has 0 atom stereocenters. The molecule has 70 heavy (non-hydrogen) atoms. The predicted molar refractivity (Wildman–Crippen MR) is 343 cm³/mol. The molecule has 0 aliphatic carbocycles. The Hall–Kier alpha value is -6.72. The number of fused-ring (bicyclic) bond motifs is 6. The summed E-state index contributed by atoms with van der Waals surface area (Å²) in [4.78, 5) is 16.4. The number of para-hydroxylation sites is 1. The average molecular weight is 882 g/mol. The van der Waals surface area contributed by atoms with Crippen LogP contribution in [0.5, 0.6) is 0 Å². The van der Waals surface area contributed by atoms with E-state index >= 15 is 0 Å². The largest absolute Gasteiger partial charge is 0.456 e. The van der Waals surface area contributed by atoms with E-state index in [0.717, 1.165) is 55.3 Å². The number of benzene rings is 8.